The van der Waals surface area contributed by atoms with E-state index in [4.69, 9.17) is 4.74 Å². The quantitative estimate of drug-likeness (QED) is 0.380. The van der Waals surface area contributed by atoms with Gasteiger partial charge in [0.2, 0.25) is 0 Å². The number of carbonyl (C=O) groups is 1. The third-order valence-electron chi connectivity index (χ3n) is 1.30. The maximum atomic E-state index is 11.0. The first-order chi connectivity index (χ1) is 6.81. The molecule has 0 spiro atoms. The van der Waals surface area contributed by atoms with Crippen molar-refractivity contribution in [2.45, 2.75) is 13.8 Å². The van der Waals surface area contributed by atoms with Crippen molar-refractivity contribution < 1.29 is 9.53 Å². The zero-order valence-electron chi connectivity index (χ0n) is 8.64. The van der Waals surface area contributed by atoms with Gasteiger partial charge in [0, 0.05) is 6.08 Å². The Morgan fingerprint density at radius 3 is 2.36 bits per heavy atom. The fourth-order valence-corrected chi connectivity index (χ4v) is 0.669. The predicted octanol–water partition coefficient (Wildman–Crippen LogP) is 2.79. The lowest BCUT2D eigenvalue weighted by Gasteiger charge is -1.94. The number of hydrogen-bond acceptors (Lipinski definition) is 2. The van der Waals surface area contributed by atoms with E-state index in [0.29, 0.717) is 6.61 Å². The van der Waals surface area contributed by atoms with Crippen LogP contribution in [0.3, 0.4) is 0 Å². The lowest BCUT2D eigenvalue weighted by atomic mass is 10.4. The molecule has 2 heteroatoms. The minimum atomic E-state index is -0.326. The molecule has 0 saturated heterocycles. The Kier molecular flexibility index (Phi) is 8.45. The van der Waals surface area contributed by atoms with E-state index in [1.807, 2.05) is 38.2 Å². The molecule has 0 amide bonds. The standard InChI is InChI=1S/C12H16O2/c1-3-5-7-9-11-14-12(13)10-8-6-4-2/h3-10H,11H2,1-2H3. The van der Waals surface area contributed by atoms with Gasteiger partial charge in [0.05, 0.1) is 0 Å². The summed E-state index contributed by atoms with van der Waals surface area (Å²) in [6, 6.07) is 0. The van der Waals surface area contributed by atoms with Gasteiger partial charge in [0.15, 0.2) is 0 Å². The molecule has 0 aliphatic heterocycles. The van der Waals surface area contributed by atoms with Gasteiger partial charge < -0.3 is 4.74 Å². The van der Waals surface area contributed by atoms with Gasteiger partial charge in [0.25, 0.3) is 0 Å². The van der Waals surface area contributed by atoms with Crippen LogP contribution in [0.15, 0.2) is 48.6 Å². The molecule has 0 aliphatic rings. The molecule has 2 nitrogen and oxygen atoms in total. The Hall–Kier alpha value is -1.57. The summed E-state index contributed by atoms with van der Waals surface area (Å²) in [6.07, 6.45) is 14.1. The van der Waals surface area contributed by atoms with E-state index in [-0.39, 0.29) is 5.97 Å². The zero-order chi connectivity index (χ0) is 10.6. The number of carbonyl (C=O) groups excluding carboxylic acids is 1. The molecule has 0 radical (unpaired) electrons. The first-order valence-corrected chi connectivity index (χ1v) is 4.55. The van der Waals surface area contributed by atoms with Crippen molar-refractivity contribution in [1.82, 2.24) is 0 Å². The van der Waals surface area contributed by atoms with Crippen LogP contribution in [0.4, 0.5) is 0 Å². The summed E-state index contributed by atoms with van der Waals surface area (Å²) in [6.45, 7) is 4.12. The Labute approximate surface area is 85.3 Å². The molecular formula is C12H16O2. The number of esters is 1. The molecule has 0 unspecified atom stereocenters. The highest BCUT2D eigenvalue weighted by Crippen LogP contribution is 1.85. The molecule has 0 aromatic heterocycles. The summed E-state index contributed by atoms with van der Waals surface area (Å²) in [4.78, 5) is 11.0. The normalized spacial score (nSPS) is 12.4. The molecule has 0 aromatic carbocycles. The van der Waals surface area contributed by atoms with Gasteiger partial charge in [-0.2, -0.15) is 0 Å². The first kappa shape index (κ1) is 12.4. The van der Waals surface area contributed by atoms with Crippen LogP contribution >= 0.6 is 0 Å². The summed E-state index contributed by atoms with van der Waals surface area (Å²) < 4.78 is 4.85. The van der Waals surface area contributed by atoms with Crippen molar-refractivity contribution in [2.75, 3.05) is 6.61 Å². The summed E-state index contributed by atoms with van der Waals surface area (Å²) in [7, 11) is 0. The molecule has 76 valence electrons. The fourth-order valence-electron chi connectivity index (χ4n) is 0.669. The molecule has 0 fully saturated rings. The van der Waals surface area contributed by atoms with Crippen molar-refractivity contribution in [1.29, 1.82) is 0 Å². The predicted molar refractivity (Wildman–Crippen MR) is 58.9 cm³/mol. The molecule has 0 rings (SSSR count). The third kappa shape index (κ3) is 8.53. The average Bonchev–Trinajstić information content (AvgIpc) is 2.18. The van der Waals surface area contributed by atoms with Crippen molar-refractivity contribution in [2.24, 2.45) is 0 Å². The van der Waals surface area contributed by atoms with Crippen molar-refractivity contribution in [3.63, 3.8) is 0 Å². The van der Waals surface area contributed by atoms with Crippen molar-refractivity contribution in [3.05, 3.63) is 48.6 Å². The smallest absolute Gasteiger partial charge is 0.331 e. The van der Waals surface area contributed by atoms with Crippen LogP contribution < -0.4 is 0 Å². The molecule has 14 heavy (non-hydrogen) atoms. The van der Waals surface area contributed by atoms with Crippen LogP contribution in [0, 0.1) is 0 Å². The molecule has 0 aromatic rings. The topological polar surface area (TPSA) is 26.3 Å². The van der Waals surface area contributed by atoms with Gasteiger partial charge in [-0.1, -0.05) is 36.5 Å². The van der Waals surface area contributed by atoms with E-state index in [0.717, 1.165) is 0 Å². The van der Waals surface area contributed by atoms with Gasteiger partial charge in [-0.05, 0) is 19.9 Å². The van der Waals surface area contributed by atoms with Crippen LogP contribution in [-0.4, -0.2) is 12.6 Å². The highest BCUT2D eigenvalue weighted by molar-refractivity contribution is 5.82. The van der Waals surface area contributed by atoms with Gasteiger partial charge >= 0.3 is 5.97 Å². The number of ether oxygens (including phenoxy) is 1. The Morgan fingerprint density at radius 1 is 1.07 bits per heavy atom. The van der Waals surface area contributed by atoms with Crippen LogP contribution in [0.2, 0.25) is 0 Å². The molecular weight excluding hydrogens is 176 g/mol. The van der Waals surface area contributed by atoms with Crippen LogP contribution in [0.5, 0.6) is 0 Å². The van der Waals surface area contributed by atoms with Gasteiger partial charge in [-0.3, -0.25) is 0 Å². The lowest BCUT2D eigenvalue weighted by Crippen LogP contribution is -1.99. The summed E-state index contributed by atoms with van der Waals surface area (Å²) in [5.74, 6) is -0.326. The number of rotatable bonds is 5. The second-order valence-corrected chi connectivity index (χ2v) is 2.47. The SMILES string of the molecule is CC=CC=CCOC(=O)C=CC=CC. The van der Waals surface area contributed by atoms with E-state index in [1.165, 1.54) is 6.08 Å². The number of allylic oxidation sites excluding steroid dienone is 6. The second-order valence-electron chi connectivity index (χ2n) is 2.47. The van der Waals surface area contributed by atoms with E-state index in [1.54, 1.807) is 18.2 Å². The monoisotopic (exact) mass is 192 g/mol. The largest absolute Gasteiger partial charge is 0.458 e. The number of hydrogen-bond donors (Lipinski definition) is 0. The maximum Gasteiger partial charge on any atom is 0.331 e. The summed E-state index contributed by atoms with van der Waals surface area (Å²) in [5, 5.41) is 0. The van der Waals surface area contributed by atoms with Crippen LogP contribution in [0.1, 0.15) is 13.8 Å². The van der Waals surface area contributed by atoms with Crippen LogP contribution in [-0.2, 0) is 9.53 Å². The maximum absolute atomic E-state index is 11.0. The first-order valence-electron chi connectivity index (χ1n) is 4.55. The molecule has 0 saturated carbocycles. The lowest BCUT2D eigenvalue weighted by molar-refractivity contribution is -0.136. The third-order valence-corrected chi connectivity index (χ3v) is 1.30. The van der Waals surface area contributed by atoms with Gasteiger partial charge in [-0.25, -0.2) is 4.79 Å². The Balaban J connectivity index is 3.64. The second kappa shape index (κ2) is 9.52. The Bertz CT molecular complexity index is 257. The van der Waals surface area contributed by atoms with Gasteiger partial charge in [-0.15, -0.1) is 0 Å². The van der Waals surface area contributed by atoms with Crippen molar-refractivity contribution >= 4 is 5.97 Å². The zero-order valence-corrected chi connectivity index (χ0v) is 8.64. The van der Waals surface area contributed by atoms with E-state index in [9.17, 15) is 4.79 Å². The fraction of sp³-hybridized carbons (Fsp3) is 0.250. The molecule has 0 bridgehead atoms. The highest BCUT2D eigenvalue weighted by Gasteiger charge is 1.90. The van der Waals surface area contributed by atoms with E-state index >= 15 is 0 Å². The molecule has 0 N–H and O–H groups in total. The van der Waals surface area contributed by atoms with E-state index < -0.39 is 0 Å². The molecule has 0 aliphatic carbocycles. The highest BCUT2D eigenvalue weighted by atomic mass is 16.5. The summed E-state index contributed by atoms with van der Waals surface area (Å²) >= 11 is 0. The minimum Gasteiger partial charge on any atom is -0.458 e. The summed E-state index contributed by atoms with van der Waals surface area (Å²) in [5.41, 5.74) is 0. The van der Waals surface area contributed by atoms with Crippen molar-refractivity contribution in [3.8, 4) is 0 Å². The Morgan fingerprint density at radius 2 is 1.71 bits per heavy atom. The molecule has 0 heterocycles. The minimum absolute atomic E-state index is 0.309. The van der Waals surface area contributed by atoms with E-state index in [2.05, 4.69) is 0 Å². The van der Waals surface area contributed by atoms with Crippen LogP contribution in [0.25, 0.3) is 0 Å². The average molecular weight is 192 g/mol. The van der Waals surface area contributed by atoms with Gasteiger partial charge in [0.1, 0.15) is 6.61 Å². The molecule has 0 atom stereocenters.